The number of hydrogen-bond acceptors (Lipinski definition) is 3. The summed E-state index contributed by atoms with van der Waals surface area (Å²) in [7, 11) is 0. The molecule has 3 rings (SSSR count). The third-order valence-electron chi connectivity index (χ3n) is 5.28. The smallest absolute Gasteiger partial charge is 0.321 e. The lowest BCUT2D eigenvalue weighted by Crippen LogP contribution is -2.45. The molecule has 5 heteroatoms. The Labute approximate surface area is 145 Å². The summed E-state index contributed by atoms with van der Waals surface area (Å²) in [6, 6.07) is 6.10. The average molecular weight is 331 g/mol. The van der Waals surface area contributed by atoms with E-state index < -0.39 is 0 Å². The third kappa shape index (κ3) is 4.48. The summed E-state index contributed by atoms with van der Waals surface area (Å²) >= 11 is 0. The van der Waals surface area contributed by atoms with Crippen molar-refractivity contribution in [3.63, 3.8) is 0 Å². The number of amides is 2. The molecule has 1 N–H and O–H groups in total. The number of nitrogens with zero attached hydrogens (tertiary/aromatic N) is 2. The largest absolute Gasteiger partial charge is 0.379 e. The summed E-state index contributed by atoms with van der Waals surface area (Å²) in [5.41, 5.74) is 3.34. The molecule has 2 aliphatic rings. The van der Waals surface area contributed by atoms with E-state index in [4.69, 9.17) is 4.74 Å². The van der Waals surface area contributed by atoms with Gasteiger partial charge in [-0.1, -0.05) is 6.07 Å². The summed E-state index contributed by atoms with van der Waals surface area (Å²) in [6.07, 6.45) is 2.19. The van der Waals surface area contributed by atoms with E-state index in [1.165, 1.54) is 11.1 Å². The van der Waals surface area contributed by atoms with Crippen molar-refractivity contribution in [1.29, 1.82) is 0 Å². The van der Waals surface area contributed by atoms with Gasteiger partial charge in [0.25, 0.3) is 0 Å². The van der Waals surface area contributed by atoms with E-state index in [9.17, 15) is 4.79 Å². The number of carbonyl (C=O) groups excluding carboxylic acids is 1. The maximum absolute atomic E-state index is 12.4. The minimum Gasteiger partial charge on any atom is -0.379 e. The molecular formula is C19H29N3O2. The van der Waals surface area contributed by atoms with E-state index >= 15 is 0 Å². The number of ether oxygens (including phenoxy) is 1. The highest BCUT2D eigenvalue weighted by Crippen LogP contribution is 2.20. The second-order valence-electron chi connectivity index (χ2n) is 7.07. The zero-order valence-electron chi connectivity index (χ0n) is 14.9. The summed E-state index contributed by atoms with van der Waals surface area (Å²) in [5, 5.41) is 3.04. The number of hydrogen-bond donors (Lipinski definition) is 1. The lowest BCUT2D eigenvalue weighted by Gasteiger charge is -2.36. The summed E-state index contributed by atoms with van der Waals surface area (Å²) < 4.78 is 5.41. The maximum atomic E-state index is 12.4. The van der Waals surface area contributed by atoms with E-state index in [1.54, 1.807) is 0 Å². The highest BCUT2D eigenvalue weighted by Gasteiger charge is 2.25. The normalized spacial score (nSPS) is 20.2. The number of benzene rings is 1. The number of likely N-dealkylation sites (tertiary alicyclic amines) is 1. The van der Waals surface area contributed by atoms with Crippen LogP contribution in [-0.4, -0.2) is 61.8 Å². The second kappa shape index (κ2) is 7.99. The summed E-state index contributed by atoms with van der Waals surface area (Å²) in [5.74, 6) is 0.703. The molecule has 2 fully saturated rings. The Kier molecular flexibility index (Phi) is 5.74. The first kappa shape index (κ1) is 17.2. The monoisotopic (exact) mass is 331 g/mol. The van der Waals surface area contributed by atoms with Crippen molar-refractivity contribution < 1.29 is 9.53 Å². The molecule has 0 saturated carbocycles. The van der Waals surface area contributed by atoms with Gasteiger partial charge in [0.05, 0.1) is 13.2 Å². The number of morpholine rings is 1. The summed E-state index contributed by atoms with van der Waals surface area (Å²) in [6.45, 7) is 10.8. The Bertz CT molecular complexity index is 562. The fraction of sp³-hybridized carbons (Fsp3) is 0.632. The lowest BCUT2D eigenvalue weighted by molar-refractivity contribution is 0.0260. The van der Waals surface area contributed by atoms with Gasteiger partial charge in [-0.3, -0.25) is 4.90 Å². The van der Waals surface area contributed by atoms with Crippen molar-refractivity contribution in [1.82, 2.24) is 9.80 Å². The van der Waals surface area contributed by atoms with Crippen LogP contribution in [0, 0.1) is 19.8 Å². The van der Waals surface area contributed by atoms with Crippen molar-refractivity contribution in [2.75, 3.05) is 51.3 Å². The van der Waals surface area contributed by atoms with Crippen LogP contribution < -0.4 is 5.32 Å². The fourth-order valence-electron chi connectivity index (χ4n) is 3.49. The topological polar surface area (TPSA) is 44.8 Å². The van der Waals surface area contributed by atoms with E-state index in [0.29, 0.717) is 5.92 Å². The highest BCUT2D eigenvalue weighted by atomic mass is 16.5. The van der Waals surface area contributed by atoms with Crippen LogP contribution in [0.2, 0.25) is 0 Å². The van der Waals surface area contributed by atoms with Crippen LogP contribution in [0.4, 0.5) is 10.5 Å². The Morgan fingerprint density at radius 2 is 1.83 bits per heavy atom. The highest BCUT2D eigenvalue weighted by molar-refractivity contribution is 5.89. The van der Waals surface area contributed by atoms with E-state index in [0.717, 1.165) is 64.5 Å². The molecule has 0 radical (unpaired) electrons. The number of aryl methyl sites for hydroxylation is 2. The van der Waals surface area contributed by atoms with Gasteiger partial charge in [-0.05, 0) is 55.9 Å². The van der Waals surface area contributed by atoms with Crippen molar-refractivity contribution in [2.24, 2.45) is 5.92 Å². The average Bonchev–Trinajstić information content (AvgIpc) is 2.60. The van der Waals surface area contributed by atoms with Crippen LogP contribution >= 0.6 is 0 Å². The van der Waals surface area contributed by atoms with Gasteiger partial charge in [0.1, 0.15) is 0 Å². The maximum Gasteiger partial charge on any atom is 0.321 e. The molecule has 132 valence electrons. The molecule has 0 unspecified atom stereocenters. The number of anilines is 1. The summed E-state index contributed by atoms with van der Waals surface area (Å²) in [4.78, 5) is 16.9. The third-order valence-corrected chi connectivity index (χ3v) is 5.28. The van der Waals surface area contributed by atoms with Gasteiger partial charge < -0.3 is 15.0 Å². The van der Waals surface area contributed by atoms with Gasteiger partial charge in [-0.2, -0.15) is 0 Å². The molecule has 0 aliphatic carbocycles. The van der Waals surface area contributed by atoms with Gasteiger partial charge in [0.2, 0.25) is 0 Å². The number of carbonyl (C=O) groups is 1. The Balaban J connectivity index is 1.45. The Morgan fingerprint density at radius 3 is 2.50 bits per heavy atom. The first-order valence-electron chi connectivity index (χ1n) is 9.05. The standard InChI is InChI=1S/C19H29N3O2/c1-15-3-4-18(13-16(15)2)20-19(23)22-7-5-17(6-8-22)14-21-9-11-24-12-10-21/h3-4,13,17H,5-12,14H2,1-2H3,(H,20,23). The van der Waals surface area contributed by atoms with Gasteiger partial charge in [-0.25, -0.2) is 4.79 Å². The van der Waals surface area contributed by atoms with Crippen molar-refractivity contribution >= 4 is 11.7 Å². The van der Waals surface area contributed by atoms with Gasteiger partial charge >= 0.3 is 6.03 Å². The van der Waals surface area contributed by atoms with Crippen LogP contribution in [0.15, 0.2) is 18.2 Å². The van der Waals surface area contributed by atoms with Crippen molar-refractivity contribution in [3.8, 4) is 0 Å². The molecule has 2 amide bonds. The molecule has 2 aliphatic heterocycles. The molecule has 1 aromatic carbocycles. The molecule has 1 aromatic rings. The van der Waals surface area contributed by atoms with Gasteiger partial charge in [0.15, 0.2) is 0 Å². The quantitative estimate of drug-likeness (QED) is 0.926. The first-order valence-corrected chi connectivity index (χ1v) is 9.05. The van der Waals surface area contributed by atoms with E-state index in [-0.39, 0.29) is 6.03 Å². The molecule has 2 saturated heterocycles. The SMILES string of the molecule is Cc1ccc(NC(=O)N2CCC(CN3CCOCC3)CC2)cc1C. The molecule has 24 heavy (non-hydrogen) atoms. The van der Waals surface area contributed by atoms with E-state index in [1.807, 2.05) is 17.0 Å². The zero-order valence-corrected chi connectivity index (χ0v) is 14.9. The fourth-order valence-corrected chi connectivity index (χ4v) is 3.49. The second-order valence-corrected chi connectivity index (χ2v) is 7.07. The predicted molar refractivity (Wildman–Crippen MR) is 96.5 cm³/mol. The predicted octanol–water partition coefficient (Wildman–Crippen LogP) is 2.88. The Morgan fingerprint density at radius 1 is 1.12 bits per heavy atom. The number of rotatable bonds is 3. The van der Waals surface area contributed by atoms with Crippen LogP contribution in [0.25, 0.3) is 0 Å². The van der Waals surface area contributed by atoms with E-state index in [2.05, 4.69) is 30.1 Å². The Hall–Kier alpha value is -1.59. The van der Waals surface area contributed by atoms with Crippen LogP contribution in [0.3, 0.4) is 0 Å². The molecule has 5 nitrogen and oxygen atoms in total. The molecule has 0 atom stereocenters. The van der Waals surface area contributed by atoms with Crippen molar-refractivity contribution in [2.45, 2.75) is 26.7 Å². The molecule has 0 bridgehead atoms. The van der Waals surface area contributed by atoms with Crippen LogP contribution in [0.5, 0.6) is 0 Å². The number of urea groups is 1. The van der Waals surface area contributed by atoms with Crippen LogP contribution in [-0.2, 0) is 4.74 Å². The minimum atomic E-state index is 0.0306. The molecule has 0 spiro atoms. The molecule has 0 aromatic heterocycles. The first-order chi connectivity index (χ1) is 11.6. The van der Waals surface area contributed by atoms with Gasteiger partial charge in [-0.15, -0.1) is 0 Å². The minimum absolute atomic E-state index is 0.0306. The zero-order chi connectivity index (χ0) is 16.9. The molecule has 2 heterocycles. The van der Waals surface area contributed by atoms with Crippen LogP contribution in [0.1, 0.15) is 24.0 Å². The molecular weight excluding hydrogens is 302 g/mol. The number of piperidine rings is 1. The van der Waals surface area contributed by atoms with Gasteiger partial charge in [0, 0.05) is 38.4 Å². The van der Waals surface area contributed by atoms with Crippen molar-refractivity contribution in [3.05, 3.63) is 29.3 Å². The lowest BCUT2D eigenvalue weighted by atomic mass is 9.96. The number of nitrogens with one attached hydrogen (secondary N) is 1.